The maximum Gasteiger partial charge on any atom is 0.323 e. The Morgan fingerprint density at radius 1 is 1.05 bits per heavy atom. The minimum atomic E-state index is -0.197. The lowest BCUT2D eigenvalue weighted by atomic mass is 9.93. The van der Waals surface area contributed by atoms with Crippen LogP contribution in [0.25, 0.3) is 11.0 Å². The third kappa shape index (κ3) is 2.04. The summed E-state index contributed by atoms with van der Waals surface area (Å²) in [5.41, 5.74) is 12.3. The number of hydrogen-bond donors (Lipinski definition) is 3. The van der Waals surface area contributed by atoms with Gasteiger partial charge in [-0.2, -0.15) is 0 Å². The van der Waals surface area contributed by atoms with Crippen molar-refractivity contribution in [2.24, 2.45) is 5.73 Å². The Bertz CT molecular complexity index is 829. The fraction of sp³-hybridized carbons (Fsp3) is 0.188. The van der Waals surface area contributed by atoms with Crippen molar-refractivity contribution >= 4 is 11.0 Å². The van der Waals surface area contributed by atoms with Gasteiger partial charge in [0, 0.05) is 0 Å². The Kier molecular flexibility index (Phi) is 2.95. The second-order valence-corrected chi connectivity index (χ2v) is 5.15. The number of aromatic amines is 2. The first-order valence-corrected chi connectivity index (χ1v) is 6.60. The number of H-pyrrole nitrogens is 2. The smallest absolute Gasteiger partial charge is 0.320 e. The van der Waals surface area contributed by atoms with Gasteiger partial charge < -0.3 is 15.7 Å². The quantitative estimate of drug-likeness (QED) is 0.667. The summed E-state index contributed by atoms with van der Waals surface area (Å²) in [6, 6.07) is 11.7. The van der Waals surface area contributed by atoms with Crippen molar-refractivity contribution in [1.29, 1.82) is 0 Å². The first-order valence-electron chi connectivity index (χ1n) is 6.60. The van der Waals surface area contributed by atoms with Crippen LogP contribution in [0.4, 0.5) is 0 Å². The van der Waals surface area contributed by atoms with E-state index in [1.165, 1.54) is 11.1 Å². The molecule has 3 aromatic rings. The molecule has 0 saturated carbocycles. The average molecular weight is 267 g/mol. The Balaban J connectivity index is 2.09. The van der Waals surface area contributed by atoms with Gasteiger partial charge in [-0.25, -0.2) is 4.79 Å². The van der Waals surface area contributed by atoms with Crippen LogP contribution in [0, 0.1) is 13.8 Å². The van der Waals surface area contributed by atoms with Crippen LogP contribution in [0.5, 0.6) is 0 Å². The SMILES string of the molecule is Cc1cccc(C(N)c2ccc3[nH]c(=O)[nH]c3c2)c1C. The summed E-state index contributed by atoms with van der Waals surface area (Å²) >= 11 is 0. The zero-order chi connectivity index (χ0) is 14.3. The minimum Gasteiger partial charge on any atom is -0.320 e. The topological polar surface area (TPSA) is 74.7 Å². The fourth-order valence-corrected chi connectivity index (χ4v) is 2.53. The second-order valence-electron chi connectivity index (χ2n) is 5.15. The molecule has 0 fully saturated rings. The van der Waals surface area contributed by atoms with E-state index in [-0.39, 0.29) is 11.7 Å². The molecule has 0 saturated heterocycles. The van der Waals surface area contributed by atoms with Crippen molar-refractivity contribution in [2.45, 2.75) is 19.9 Å². The molecule has 4 heteroatoms. The normalized spacial score (nSPS) is 12.8. The van der Waals surface area contributed by atoms with Crippen LogP contribution in [0.3, 0.4) is 0 Å². The number of nitrogens with one attached hydrogen (secondary N) is 2. The van der Waals surface area contributed by atoms with Crippen LogP contribution >= 0.6 is 0 Å². The molecule has 0 radical (unpaired) electrons. The van der Waals surface area contributed by atoms with Crippen LogP contribution in [0.1, 0.15) is 28.3 Å². The molecule has 0 amide bonds. The van der Waals surface area contributed by atoms with E-state index in [2.05, 4.69) is 35.9 Å². The van der Waals surface area contributed by atoms with Gasteiger partial charge in [-0.3, -0.25) is 0 Å². The Morgan fingerprint density at radius 2 is 1.80 bits per heavy atom. The molecule has 0 aliphatic heterocycles. The van der Waals surface area contributed by atoms with Crippen LogP contribution in [0.2, 0.25) is 0 Å². The maximum absolute atomic E-state index is 11.3. The van der Waals surface area contributed by atoms with Gasteiger partial charge in [0.1, 0.15) is 0 Å². The third-order valence-corrected chi connectivity index (χ3v) is 3.88. The van der Waals surface area contributed by atoms with Gasteiger partial charge in [0.15, 0.2) is 0 Å². The molecule has 20 heavy (non-hydrogen) atoms. The lowest BCUT2D eigenvalue weighted by Crippen LogP contribution is -2.13. The molecule has 2 aromatic carbocycles. The number of imidazole rings is 1. The Labute approximate surface area is 116 Å². The molecule has 0 aliphatic rings. The van der Waals surface area contributed by atoms with Gasteiger partial charge >= 0.3 is 5.69 Å². The molecule has 4 nitrogen and oxygen atoms in total. The summed E-state index contributed by atoms with van der Waals surface area (Å²) in [4.78, 5) is 16.8. The van der Waals surface area contributed by atoms with Crippen molar-refractivity contribution in [3.63, 3.8) is 0 Å². The summed E-state index contributed by atoms with van der Waals surface area (Å²) in [6.07, 6.45) is 0. The predicted molar refractivity (Wildman–Crippen MR) is 80.9 cm³/mol. The van der Waals surface area contributed by atoms with Crippen molar-refractivity contribution < 1.29 is 0 Å². The van der Waals surface area contributed by atoms with Crippen molar-refractivity contribution in [2.75, 3.05) is 0 Å². The van der Waals surface area contributed by atoms with Crippen LogP contribution in [0.15, 0.2) is 41.2 Å². The summed E-state index contributed by atoms with van der Waals surface area (Å²) in [7, 11) is 0. The maximum atomic E-state index is 11.3. The number of fused-ring (bicyclic) bond motifs is 1. The highest BCUT2D eigenvalue weighted by atomic mass is 16.1. The molecule has 1 aromatic heterocycles. The Hall–Kier alpha value is -2.33. The average Bonchev–Trinajstić information content (AvgIpc) is 2.80. The number of aromatic nitrogens is 2. The van der Waals surface area contributed by atoms with Crippen molar-refractivity contribution in [3.8, 4) is 0 Å². The molecule has 3 rings (SSSR count). The standard InChI is InChI=1S/C16H17N3O/c1-9-4-3-5-12(10(9)2)15(17)11-6-7-13-14(8-11)19-16(20)18-13/h3-8,15H,17H2,1-2H3,(H2,18,19,20). The van der Waals surface area contributed by atoms with Crippen LogP contribution in [-0.4, -0.2) is 9.97 Å². The number of benzene rings is 2. The summed E-state index contributed by atoms with van der Waals surface area (Å²) in [5, 5.41) is 0. The third-order valence-electron chi connectivity index (χ3n) is 3.88. The number of aryl methyl sites for hydroxylation is 1. The molecule has 1 heterocycles. The molecule has 102 valence electrons. The second kappa shape index (κ2) is 4.65. The van der Waals surface area contributed by atoms with E-state index in [9.17, 15) is 4.79 Å². The van der Waals surface area contributed by atoms with Crippen LogP contribution in [-0.2, 0) is 0 Å². The lowest BCUT2D eigenvalue weighted by molar-refractivity contribution is 0.860. The summed E-state index contributed by atoms with van der Waals surface area (Å²) in [5.74, 6) is 0. The zero-order valence-electron chi connectivity index (χ0n) is 11.5. The molecular weight excluding hydrogens is 250 g/mol. The largest absolute Gasteiger partial charge is 0.323 e. The van der Waals surface area contributed by atoms with E-state index in [4.69, 9.17) is 5.73 Å². The molecule has 1 unspecified atom stereocenters. The van der Waals surface area contributed by atoms with Crippen molar-refractivity contribution in [3.05, 3.63) is 69.1 Å². The molecule has 0 bridgehead atoms. The van der Waals surface area contributed by atoms with E-state index in [1.54, 1.807) is 0 Å². The number of nitrogens with two attached hydrogens (primary N) is 1. The van der Waals surface area contributed by atoms with Crippen LogP contribution < -0.4 is 11.4 Å². The van der Waals surface area contributed by atoms with Gasteiger partial charge in [0.2, 0.25) is 0 Å². The van der Waals surface area contributed by atoms with E-state index < -0.39 is 0 Å². The molecule has 4 N–H and O–H groups in total. The van der Waals surface area contributed by atoms with Crippen molar-refractivity contribution in [1.82, 2.24) is 9.97 Å². The first-order chi connectivity index (χ1) is 9.56. The molecular formula is C16H17N3O. The molecule has 0 aliphatic carbocycles. The highest BCUT2D eigenvalue weighted by Gasteiger charge is 2.13. The lowest BCUT2D eigenvalue weighted by Gasteiger charge is -2.16. The monoisotopic (exact) mass is 267 g/mol. The highest BCUT2D eigenvalue weighted by Crippen LogP contribution is 2.25. The van der Waals surface area contributed by atoms with Gasteiger partial charge in [0.25, 0.3) is 0 Å². The predicted octanol–water partition coefficient (Wildman–Crippen LogP) is 2.52. The van der Waals surface area contributed by atoms with E-state index in [0.717, 1.165) is 22.2 Å². The highest BCUT2D eigenvalue weighted by molar-refractivity contribution is 5.75. The van der Waals surface area contributed by atoms with E-state index >= 15 is 0 Å². The van der Waals surface area contributed by atoms with E-state index in [1.807, 2.05) is 24.3 Å². The number of hydrogen-bond acceptors (Lipinski definition) is 2. The first kappa shape index (κ1) is 12.7. The molecule has 0 spiro atoms. The van der Waals surface area contributed by atoms with Gasteiger partial charge in [-0.15, -0.1) is 0 Å². The minimum absolute atomic E-state index is 0.197. The van der Waals surface area contributed by atoms with Gasteiger partial charge in [0.05, 0.1) is 17.1 Å². The van der Waals surface area contributed by atoms with E-state index in [0.29, 0.717) is 0 Å². The summed E-state index contributed by atoms with van der Waals surface area (Å²) in [6.45, 7) is 4.17. The van der Waals surface area contributed by atoms with Gasteiger partial charge in [-0.1, -0.05) is 24.3 Å². The Morgan fingerprint density at radius 3 is 2.60 bits per heavy atom. The number of rotatable bonds is 2. The fourth-order valence-electron chi connectivity index (χ4n) is 2.53. The van der Waals surface area contributed by atoms with Gasteiger partial charge in [-0.05, 0) is 48.2 Å². The zero-order valence-corrected chi connectivity index (χ0v) is 11.5. The summed E-state index contributed by atoms with van der Waals surface area (Å²) < 4.78 is 0. The molecule has 1 atom stereocenters.